The number of nitrogens with zero attached hydrogens (tertiary/aromatic N) is 3. The van der Waals surface area contributed by atoms with Gasteiger partial charge in [-0.2, -0.15) is 0 Å². The molecule has 82 valence electrons. The fourth-order valence-corrected chi connectivity index (χ4v) is 1.64. The molecule has 0 fully saturated rings. The minimum absolute atomic E-state index is 0.459. The molecule has 0 aliphatic rings. The van der Waals surface area contributed by atoms with Crippen LogP contribution in [0.4, 0.5) is 22.2 Å². The Morgan fingerprint density at radius 3 is 2.69 bits per heavy atom. The molecular formula is C10H11N5S. The van der Waals surface area contributed by atoms with Gasteiger partial charge >= 0.3 is 0 Å². The summed E-state index contributed by atoms with van der Waals surface area (Å²) >= 11 is 1.41. The van der Waals surface area contributed by atoms with Crippen LogP contribution in [0.5, 0.6) is 0 Å². The minimum atomic E-state index is 0.459. The highest BCUT2D eigenvalue weighted by atomic mass is 32.1. The van der Waals surface area contributed by atoms with E-state index in [0.717, 1.165) is 5.56 Å². The van der Waals surface area contributed by atoms with Crippen LogP contribution < -0.4 is 11.5 Å². The van der Waals surface area contributed by atoms with Gasteiger partial charge in [0.15, 0.2) is 0 Å². The third kappa shape index (κ3) is 2.01. The van der Waals surface area contributed by atoms with E-state index >= 15 is 0 Å². The maximum Gasteiger partial charge on any atom is 0.229 e. The van der Waals surface area contributed by atoms with E-state index in [4.69, 9.17) is 11.5 Å². The van der Waals surface area contributed by atoms with Crippen LogP contribution in [-0.4, -0.2) is 4.98 Å². The normalized spacial score (nSPS) is 11.1. The second kappa shape index (κ2) is 4.28. The molecule has 0 bridgehead atoms. The number of anilines is 2. The summed E-state index contributed by atoms with van der Waals surface area (Å²) < 4.78 is 0. The Hall–Kier alpha value is -1.95. The van der Waals surface area contributed by atoms with E-state index in [1.807, 2.05) is 18.4 Å². The van der Waals surface area contributed by atoms with Gasteiger partial charge in [0.2, 0.25) is 5.13 Å². The standard InChI is InChI=1S/C10H11N5S/c1-6-2-3-7(9(12)8(6)11)14-15-10-13-4-5-16-10/h2-5H,11-12H2,1H3. The van der Waals surface area contributed by atoms with Gasteiger partial charge in [-0.3, -0.25) is 0 Å². The van der Waals surface area contributed by atoms with Gasteiger partial charge in [0.05, 0.1) is 11.4 Å². The Morgan fingerprint density at radius 1 is 1.19 bits per heavy atom. The summed E-state index contributed by atoms with van der Waals surface area (Å²) in [5.41, 5.74) is 14.1. The quantitative estimate of drug-likeness (QED) is 0.617. The SMILES string of the molecule is Cc1ccc(N=Nc2nccs2)c(N)c1N. The second-order valence-corrected chi connectivity index (χ2v) is 4.12. The summed E-state index contributed by atoms with van der Waals surface area (Å²) in [7, 11) is 0. The van der Waals surface area contributed by atoms with E-state index < -0.39 is 0 Å². The molecule has 0 radical (unpaired) electrons. The van der Waals surface area contributed by atoms with Gasteiger partial charge < -0.3 is 11.5 Å². The third-order valence-electron chi connectivity index (χ3n) is 2.14. The molecule has 0 unspecified atom stereocenters. The largest absolute Gasteiger partial charge is 0.397 e. The van der Waals surface area contributed by atoms with Crippen LogP contribution in [-0.2, 0) is 0 Å². The molecule has 0 amide bonds. The van der Waals surface area contributed by atoms with E-state index in [1.165, 1.54) is 11.3 Å². The number of thiazole rings is 1. The van der Waals surface area contributed by atoms with Crippen molar-refractivity contribution in [1.82, 2.24) is 4.98 Å². The zero-order valence-corrected chi connectivity index (χ0v) is 9.53. The fraction of sp³-hybridized carbons (Fsp3) is 0.100. The zero-order chi connectivity index (χ0) is 11.5. The molecule has 1 aromatic carbocycles. The molecule has 4 N–H and O–H groups in total. The number of nitrogens with two attached hydrogens (primary N) is 2. The van der Waals surface area contributed by atoms with Crippen LogP contribution in [0, 0.1) is 6.92 Å². The van der Waals surface area contributed by atoms with Gasteiger partial charge in [0, 0.05) is 11.6 Å². The second-order valence-electron chi connectivity index (χ2n) is 3.24. The summed E-state index contributed by atoms with van der Waals surface area (Å²) in [5.74, 6) is 0. The van der Waals surface area contributed by atoms with Crippen molar-refractivity contribution in [3.63, 3.8) is 0 Å². The Morgan fingerprint density at radius 2 is 2.00 bits per heavy atom. The van der Waals surface area contributed by atoms with E-state index in [-0.39, 0.29) is 0 Å². The average Bonchev–Trinajstić information content (AvgIpc) is 2.78. The van der Waals surface area contributed by atoms with Crippen LogP contribution in [0.25, 0.3) is 0 Å². The Bertz CT molecular complexity index is 518. The van der Waals surface area contributed by atoms with E-state index in [9.17, 15) is 0 Å². The van der Waals surface area contributed by atoms with Crippen molar-refractivity contribution < 1.29 is 0 Å². The first kappa shape index (κ1) is 10.6. The monoisotopic (exact) mass is 233 g/mol. The van der Waals surface area contributed by atoms with Crippen LogP contribution in [0.2, 0.25) is 0 Å². The molecule has 6 heteroatoms. The number of benzene rings is 1. The molecular weight excluding hydrogens is 222 g/mol. The van der Waals surface area contributed by atoms with Crippen molar-refractivity contribution in [2.24, 2.45) is 10.2 Å². The lowest BCUT2D eigenvalue weighted by molar-refractivity contribution is 1.20. The average molecular weight is 233 g/mol. The predicted molar refractivity (Wildman–Crippen MR) is 66.3 cm³/mol. The molecule has 2 aromatic rings. The van der Waals surface area contributed by atoms with Crippen LogP contribution in [0.1, 0.15) is 5.56 Å². The first-order chi connectivity index (χ1) is 7.68. The number of aromatic nitrogens is 1. The predicted octanol–water partition coefficient (Wildman–Crippen LogP) is 3.03. The third-order valence-corrected chi connectivity index (χ3v) is 2.80. The lowest BCUT2D eigenvalue weighted by atomic mass is 10.1. The van der Waals surface area contributed by atoms with Gasteiger partial charge in [0.25, 0.3) is 0 Å². The first-order valence-electron chi connectivity index (χ1n) is 4.64. The maximum absolute atomic E-state index is 5.83. The number of hydrogen-bond acceptors (Lipinski definition) is 6. The van der Waals surface area contributed by atoms with Crippen molar-refractivity contribution in [1.29, 1.82) is 0 Å². The number of nitrogen functional groups attached to an aromatic ring is 2. The summed E-state index contributed by atoms with van der Waals surface area (Å²) in [4.78, 5) is 3.99. The first-order valence-corrected chi connectivity index (χ1v) is 5.52. The molecule has 1 heterocycles. The van der Waals surface area contributed by atoms with Crippen LogP contribution in [0.15, 0.2) is 33.9 Å². The molecule has 2 rings (SSSR count). The highest BCUT2D eigenvalue weighted by Crippen LogP contribution is 2.31. The molecule has 16 heavy (non-hydrogen) atoms. The summed E-state index contributed by atoms with van der Waals surface area (Å²) in [6, 6.07) is 3.65. The number of hydrogen-bond donors (Lipinski definition) is 2. The Balaban J connectivity index is 2.32. The van der Waals surface area contributed by atoms with Gasteiger partial charge in [-0.05, 0) is 18.6 Å². The Kier molecular flexibility index (Phi) is 2.82. The molecule has 0 saturated carbocycles. The van der Waals surface area contributed by atoms with Crippen molar-refractivity contribution in [2.75, 3.05) is 11.5 Å². The minimum Gasteiger partial charge on any atom is -0.397 e. The molecule has 0 atom stereocenters. The molecule has 0 aliphatic heterocycles. The van der Waals surface area contributed by atoms with Crippen molar-refractivity contribution in [2.45, 2.75) is 6.92 Å². The molecule has 1 aromatic heterocycles. The zero-order valence-electron chi connectivity index (χ0n) is 8.71. The number of rotatable bonds is 2. The van der Waals surface area contributed by atoms with Gasteiger partial charge in [-0.1, -0.05) is 6.07 Å². The number of aryl methyl sites for hydroxylation is 1. The van der Waals surface area contributed by atoms with Crippen molar-refractivity contribution >= 4 is 33.5 Å². The lowest BCUT2D eigenvalue weighted by Gasteiger charge is -2.05. The highest BCUT2D eigenvalue weighted by Gasteiger charge is 2.04. The summed E-state index contributed by atoms with van der Waals surface area (Å²) in [6.45, 7) is 1.90. The summed E-state index contributed by atoms with van der Waals surface area (Å²) in [5, 5.41) is 10.4. The van der Waals surface area contributed by atoms with Crippen molar-refractivity contribution in [3.05, 3.63) is 29.3 Å². The molecule has 0 aliphatic carbocycles. The van der Waals surface area contributed by atoms with Crippen LogP contribution >= 0.6 is 11.3 Å². The number of azo groups is 1. The van der Waals surface area contributed by atoms with Gasteiger partial charge in [-0.25, -0.2) is 4.98 Å². The smallest absolute Gasteiger partial charge is 0.229 e. The maximum atomic E-state index is 5.83. The molecule has 0 spiro atoms. The van der Waals surface area contributed by atoms with Gasteiger partial charge in [-0.15, -0.1) is 21.6 Å². The Labute approximate surface area is 96.8 Å². The lowest BCUT2D eigenvalue weighted by Crippen LogP contribution is -1.96. The molecule has 0 saturated heterocycles. The molecule has 5 nitrogen and oxygen atoms in total. The van der Waals surface area contributed by atoms with E-state index in [0.29, 0.717) is 22.2 Å². The van der Waals surface area contributed by atoms with Gasteiger partial charge in [0.1, 0.15) is 5.69 Å². The highest BCUT2D eigenvalue weighted by molar-refractivity contribution is 7.13. The fourth-order valence-electron chi connectivity index (χ4n) is 1.18. The van der Waals surface area contributed by atoms with E-state index in [1.54, 1.807) is 12.3 Å². The summed E-state index contributed by atoms with van der Waals surface area (Å²) in [6.07, 6.45) is 1.67. The van der Waals surface area contributed by atoms with E-state index in [2.05, 4.69) is 15.2 Å². The van der Waals surface area contributed by atoms with Crippen molar-refractivity contribution in [3.8, 4) is 0 Å². The topological polar surface area (TPSA) is 89.6 Å². The van der Waals surface area contributed by atoms with Crippen LogP contribution in [0.3, 0.4) is 0 Å².